The zero-order chi connectivity index (χ0) is 11.1. The molecular formula is C12H22Br2O. The first-order valence-corrected chi connectivity index (χ1v) is 8.23. The van der Waals surface area contributed by atoms with E-state index in [2.05, 4.69) is 38.8 Å². The SMILES string of the molecule is CCOCCC(CBr)(CBr)C1CCCC1. The number of alkyl halides is 2. The highest BCUT2D eigenvalue weighted by Crippen LogP contribution is 2.44. The van der Waals surface area contributed by atoms with Crippen LogP contribution in [0.3, 0.4) is 0 Å². The van der Waals surface area contributed by atoms with Gasteiger partial charge in [0.05, 0.1) is 0 Å². The second kappa shape index (κ2) is 7.29. The van der Waals surface area contributed by atoms with Crippen molar-refractivity contribution < 1.29 is 4.74 Å². The van der Waals surface area contributed by atoms with Gasteiger partial charge >= 0.3 is 0 Å². The van der Waals surface area contributed by atoms with Crippen molar-refractivity contribution in [3.8, 4) is 0 Å². The molecule has 0 saturated heterocycles. The first-order valence-electron chi connectivity index (χ1n) is 5.98. The number of ether oxygens (including phenoxy) is 1. The van der Waals surface area contributed by atoms with Gasteiger partial charge in [-0.2, -0.15) is 0 Å². The van der Waals surface area contributed by atoms with Crippen LogP contribution in [0.1, 0.15) is 39.0 Å². The summed E-state index contributed by atoms with van der Waals surface area (Å²) in [6.45, 7) is 3.81. The van der Waals surface area contributed by atoms with Crippen molar-refractivity contribution in [1.29, 1.82) is 0 Å². The summed E-state index contributed by atoms with van der Waals surface area (Å²) in [7, 11) is 0. The van der Waals surface area contributed by atoms with E-state index < -0.39 is 0 Å². The van der Waals surface area contributed by atoms with Crippen LogP contribution in [0.4, 0.5) is 0 Å². The van der Waals surface area contributed by atoms with Crippen LogP contribution in [0.15, 0.2) is 0 Å². The van der Waals surface area contributed by atoms with E-state index in [4.69, 9.17) is 4.74 Å². The number of rotatable bonds is 7. The topological polar surface area (TPSA) is 9.23 Å². The van der Waals surface area contributed by atoms with Gasteiger partial charge in [0.25, 0.3) is 0 Å². The van der Waals surface area contributed by atoms with Crippen LogP contribution >= 0.6 is 31.9 Å². The molecular weight excluding hydrogens is 320 g/mol. The van der Waals surface area contributed by atoms with Crippen molar-refractivity contribution in [2.45, 2.75) is 39.0 Å². The summed E-state index contributed by atoms with van der Waals surface area (Å²) in [6.07, 6.45) is 6.83. The zero-order valence-corrected chi connectivity index (χ0v) is 12.8. The normalized spacial score (nSPS) is 18.6. The second-order valence-electron chi connectivity index (χ2n) is 4.56. The molecule has 1 saturated carbocycles. The summed E-state index contributed by atoms with van der Waals surface area (Å²) in [5, 5.41) is 2.20. The van der Waals surface area contributed by atoms with Gasteiger partial charge in [-0.3, -0.25) is 0 Å². The monoisotopic (exact) mass is 340 g/mol. The highest BCUT2D eigenvalue weighted by molar-refractivity contribution is 9.09. The van der Waals surface area contributed by atoms with E-state index in [-0.39, 0.29) is 0 Å². The van der Waals surface area contributed by atoms with Crippen molar-refractivity contribution in [3.63, 3.8) is 0 Å². The molecule has 1 aliphatic carbocycles. The van der Waals surface area contributed by atoms with Gasteiger partial charge in [0, 0.05) is 23.9 Å². The van der Waals surface area contributed by atoms with Crippen LogP contribution in [0.2, 0.25) is 0 Å². The van der Waals surface area contributed by atoms with Crippen molar-refractivity contribution >= 4 is 31.9 Å². The Morgan fingerprint density at radius 2 is 1.80 bits per heavy atom. The maximum atomic E-state index is 5.51. The molecule has 0 N–H and O–H groups in total. The fraction of sp³-hybridized carbons (Fsp3) is 1.00. The molecule has 15 heavy (non-hydrogen) atoms. The van der Waals surface area contributed by atoms with Crippen LogP contribution in [-0.2, 0) is 4.74 Å². The molecule has 1 nitrogen and oxygen atoms in total. The lowest BCUT2D eigenvalue weighted by Crippen LogP contribution is -2.34. The Bertz CT molecular complexity index is 163. The van der Waals surface area contributed by atoms with Gasteiger partial charge in [-0.25, -0.2) is 0 Å². The smallest absolute Gasteiger partial charge is 0.0471 e. The second-order valence-corrected chi connectivity index (χ2v) is 5.68. The molecule has 0 atom stereocenters. The Labute approximate surface area is 111 Å². The molecule has 0 unspecified atom stereocenters. The number of halogens is 2. The standard InChI is InChI=1S/C12H22Br2O/c1-2-15-8-7-12(9-13,10-14)11-5-3-4-6-11/h11H,2-10H2,1H3. The molecule has 0 aromatic rings. The van der Waals surface area contributed by atoms with E-state index in [1.54, 1.807) is 0 Å². The highest BCUT2D eigenvalue weighted by atomic mass is 79.9. The van der Waals surface area contributed by atoms with Crippen molar-refractivity contribution in [1.82, 2.24) is 0 Å². The molecule has 90 valence electrons. The Balaban J connectivity index is 2.50. The molecule has 0 aliphatic heterocycles. The number of hydrogen-bond donors (Lipinski definition) is 0. The molecule has 1 aliphatic rings. The molecule has 0 spiro atoms. The van der Waals surface area contributed by atoms with E-state index in [0.717, 1.165) is 29.8 Å². The maximum Gasteiger partial charge on any atom is 0.0471 e. The molecule has 0 radical (unpaired) electrons. The average Bonchev–Trinajstić information content (AvgIpc) is 2.79. The predicted molar refractivity (Wildman–Crippen MR) is 73.1 cm³/mol. The lowest BCUT2D eigenvalue weighted by molar-refractivity contribution is 0.0951. The van der Waals surface area contributed by atoms with Gasteiger partial charge in [0.15, 0.2) is 0 Å². The van der Waals surface area contributed by atoms with Gasteiger partial charge in [-0.05, 0) is 37.5 Å². The lowest BCUT2D eigenvalue weighted by Gasteiger charge is -2.36. The molecule has 0 amide bonds. The van der Waals surface area contributed by atoms with E-state index in [9.17, 15) is 0 Å². The molecule has 1 fully saturated rings. The first kappa shape index (κ1) is 14.0. The summed E-state index contributed by atoms with van der Waals surface area (Å²) >= 11 is 7.42. The van der Waals surface area contributed by atoms with E-state index in [1.807, 2.05) is 0 Å². The Morgan fingerprint density at radius 1 is 1.20 bits per heavy atom. The largest absolute Gasteiger partial charge is 0.382 e. The molecule has 3 heteroatoms. The van der Waals surface area contributed by atoms with Gasteiger partial charge < -0.3 is 4.74 Å². The molecule has 0 aromatic heterocycles. The van der Waals surface area contributed by atoms with Crippen LogP contribution in [0, 0.1) is 11.3 Å². The third-order valence-electron chi connectivity index (χ3n) is 3.70. The third kappa shape index (κ3) is 3.71. The summed E-state index contributed by atoms with van der Waals surface area (Å²) in [5.41, 5.74) is 0.422. The maximum absolute atomic E-state index is 5.51. The molecule has 0 bridgehead atoms. The average molecular weight is 342 g/mol. The highest BCUT2D eigenvalue weighted by Gasteiger charge is 2.38. The van der Waals surface area contributed by atoms with E-state index >= 15 is 0 Å². The van der Waals surface area contributed by atoms with Crippen LogP contribution in [0.5, 0.6) is 0 Å². The minimum Gasteiger partial charge on any atom is -0.382 e. The van der Waals surface area contributed by atoms with Gasteiger partial charge in [-0.1, -0.05) is 44.7 Å². The molecule has 0 aromatic carbocycles. The molecule has 1 rings (SSSR count). The van der Waals surface area contributed by atoms with Crippen molar-refractivity contribution in [2.24, 2.45) is 11.3 Å². The van der Waals surface area contributed by atoms with Crippen molar-refractivity contribution in [2.75, 3.05) is 23.9 Å². The van der Waals surface area contributed by atoms with Gasteiger partial charge in [0.1, 0.15) is 0 Å². The Morgan fingerprint density at radius 3 is 2.27 bits per heavy atom. The number of hydrogen-bond acceptors (Lipinski definition) is 1. The summed E-state index contributed by atoms with van der Waals surface area (Å²) in [4.78, 5) is 0. The van der Waals surface area contributed by atoms with Crippen molar-refractivity contribution in [3.05, 3.63) is 0 Å². The van der Waals surface area contributed by atoms with Crippen LogP contribution in [0.25, 0.3) is 0 Å². The minimum absolute atomic E-state index is 0.422. The van der Waals surface area contributed by atoms with E-state index in [0.29, 0.717) is 5.41 Å². The summed E-state index contributed by atoms with van der Waals surface area (Å²) in [6, 6.07) is 0. The fourth-order valence-corrected chi connectivity index (χ4v) is 4.95. The van der Waals surface area contributed by atoms with Gasteiger partial charge in [-0.15, -0.1) is 0 Å². The van der Waals surface area contributed by atoms with Crippen LogP contribution < -0.4 is 0 Å². The first-order chi connectivity index (χ1) is 7.29. The Kier molecular flexibility index (Phi) is 6.79. The van der Waals surface area contributed by atoms with Crippen LogP contribution in [-0.4, -0.2) is 23.9 Å². The fourth-order valence-electron chi connectivity index (χ4n) is 2.55. The lowest BCUT2D eigenvalue weighted by atomic mass is 9.75. The Hall–Kier alpha value is 0.920. The third-order valence-corrected chi connectivity index (χ3v) is 5.94. The van der Waals surface area contributed by atoms with E-state index in [1.165, 1.54) is 32.1 Å². The summed E-state index contributed by atoms with van der Waals surface area (Å²) < 4.78 is 5.51. The van der Waals surface area contributed by atoms with Gasteiger partial charge in [0.2, 0.25) is 0 Å². The quantitative estimate of drug-likeness (QED) is 0.493. The zero-order valence-electron chi connectivity index (χ0n) is 9.61. The predicted octanol–water partition coefficient (Wildman–Crippen LogP) is 4.38. The molecule has 0 heterocycles. The minimum atomic E-state index is 0.422. The summed E-state index contributed by atoms with van der Waals surface area (Å²) in [5.74, 6) is 0.886.